The normalized spacial score (nSPS) is 11.5. The summed E-state index contributed by atoms with van der Waals surface area (Å²) >= 11 is 0. The SMILES string of the molecule is CCNC(=NCc1ccn(C)c1)NCc1ccc(N(CC)CC)c(F)c1. The Balaban J connectivity index is 2.00. The summed E-state index contributed by atoms with van der Waals surface area (Å²) in [5.41, 5.74) is 2.70. The number of aliphatic imine (C=N–C) groups is 1. The summed E-state index contributed by atoms with van der Waals surface area (Å²) in [7, 11) is 1.99. The van der Waals surface area contributed by atoms with Crippen molar-refractivity contribution >= 4 is 11.6 Å². The second-order valence-electron chi connectivity index (χ2n) is 6.19. The monoisotopic (exact) mass is 359 g/mol. The maximum atomic E-state index is 14.4. The Morgan fingerprint density at radius 3 is 2.46 bits per heavy atom. The lowest BCUT2D eigenvalue weighted by molar-refractivity contribution is 0.617. The molecular weight excluding hydrogens is 329 g/mol. The molecule has 0 saturated heterocycles. The summed E-state index contributed by atoms with van der Waals surface area (Å²) < 4.78 is 16.4. The smallest absolute Gasteiger partial charge is 0.191 e. The van der Waals surface area contributed by atoms with E-state index in [4.69, 9.17) is 0 Å². The number of aryl methyl sites for hydroxylation is 1. The van der Waals surface area contributed by atoms with Crippen LogP contribution in [0.5, 0.6) is 0 Å². The van der Waals surface area contributed by atoms with E-state index in [-0.39, 0.29) is 5.82 Å². The van der Waals surface area contributed by atoms with E-state index in [0.717, 1.165) is 36.7 Å². The molecule has 2 aromatic rings. The molecule has 0 spiro atoms. The summed E-state index contributed by atoms with van der Waals surface area (Å²) in [5.74, 6) is 0.545. The highest BCUT2D eigenvalue weighted by molar-refractivity contribution is 5.79. The molecule has 142 valence electrons. The first-order valence-corrected chi connectivity index (χ1v) is 9.23. The molecule has 0 bridgehead atoms. The Morgan fingerprint density at radius 2 is 1.88 bits per heavy atom. The van der Waals surface area contributed by atoms with Gasteiger partial charge < -0.3 is 20.1 Å². The molecule has 0 unspecified atom stereocenters. The average Bonchev–Trinajstić information content (AvgIpc) is 3.05. The molecule has 2 N–H and O–H groups in total. The van der Waals surface area contributed by atoms with E-state index in [9.17, 15) is 4.39 Å². The zero-order chi connectivity index (χ0) is 18.9. The molecule has 0 amide bonds. The summed E-state index contributed by atoms with van der Waals surface area (Å²) in [5, 5.41) is 6.49. The Kier molecular flexibility index (Phi) is 7.51. The summed E-state index contributed by atoms with van der Waals surface area (Å²) in [6.07, 6.45) is 4.06. The predicted octanol–water partition coefficient (Wildman–Crippen LogP) is 3.27. The number of benzene rings is 1. The van der Waals surface area contributed by atoms with Crippen molar-refractivity contribution in [2.45, 2.75) is 33.9 Å². The van der Waals surface area contributed by atoms with E-state index >= 15 is 0 Å². The third-order valence-electron chi connectivity index (χ3n) is 4.23. The molecule has 5 nitrogen and oxygen atoms in total. The minimum Gasteiger partial charge on any atom is -0.370 e. The van der Waals surface area contributed by atoms with Crippen LogP contribution in [0.25, 0.3) is 0 Å². The van der Waals surface area contributed by atoms with Crippen LogP contribution in [0.2, 0.25) is 0 Å². The summed E-state index contributed by atoms with van der Waals surface area (Å²) in [6, 6.07) is 7.47. The lowest BCUT2D eigenvalue weighted by Gasteiger charge is -2.22. The maximum absolute atomic E-state index is 14.4. The minimum atomic E-state index is -0.181. The molecule has 0 aliphatic rings. The second kappa shape index (κ2) is 9.85. The molecular formula is C20H30FN5. The van der Waals surface area contributed by atoms with Crippen molar-refractivity contribution in [1.82, 2.24) is 15.2 Å². The van der Waals surface area contributed by atoms with Gasteiger partial charge >= 0.3 is 0 Å². The Hall–Kier alpha value is -2.50. The molecule has 0 atom stereocenters. The standard InChI is InChI=1S/C20H30FN5/c1-5-22-20(24-14-17-10-11-25(4)15-17)23-13-16-8-9-19(18(21)12-16)26(6-2)7-3/h8-12,15H,5-7,13-14H2,1-4H3,(H2,22,23,24). The van der Waals surface area contributed by atoms with E-state index < -0.39 is 0 Å². The molecule has 0 aliphatic carbocycles. The molecule has 0 saturated carbocycles. The fraction of sp³-hybridized carbons (Fsp3) is 0.450. The molecule has 1 heterocycles. The number of hydrogen-bond acceptors (Lipinski definition) is 2. The van der Waals surface area contributed by atoms with E-state index in [1.165, 1.54) is 0 Å². The van der Waals surface area contributed by atoms with Gasteiger partial charge in [0.15, 0.2) is 5.96 Å². The third kappa shape index (κ3) is 5.51. The number of halogens is 1. The van der Waals surface area contributed by atoms with Gasteiger partial charge in [-0.25, -0.2) is 9.38 Å². The van der Waals surface area contributed by atoms with Crippen LogP contribution in [0.1, 0.15) is 31.9 Å². The molecule has 0 aliphatic heterocycles. The van der Waals surface area contributed by atoms with Crippen LogP contribution < -0.4 is 15.5 Å². The number of nitrogens with one attached hydrogen (secondary N) is 2. The van der Waals surface area contributed by atoms with Gasteiger partial charge in [0, 0.05) is 45.6 Å². The lowest BCUT2D eigenvalue weighted by atomic mass is 10.2. The van der Waals surface area contributed by atoms with Gasteiger partial charge in [-0.1, -0.05) is 6.07 Å². The molecule has 6 heteroatoms. The Morgan fingerprint density at radius 1 is 1.12 bits per heavy atom. The van der Waals surface area contributed by atoms with E-state index in [0.29, 0.717) is 18.8 Å². The summed E-state index contributed by atoms with van der Waals surface area (Å²) in [6.45, 7) is 9.58. The van der Waals surface area contributed by atoms with E-state index in [2.05, 4.69) is 15.6 Å². The average molecular weight is 359 g/mol. The van der Waals surface area contributed by atoms with Crippen LogP contribution in [0.3, 0.4) is 0 Å². The number of nitrogens with zero attached hydrogens (tertiary/aromatic N) is 3. The first-order chi connectivity index (χ1) is 12.6. The highest BCUT2D eigenvalue weighted by atomic mass is 19.1. The van der Waals surface area contributed by atoms with Gasteiger partial charge in [0.05, 0.1) is 12.2 Å². The minimum absolute atomic E-state index is 0.181. The maximum Gasteiger partial charge on any atom is 0.191 e. The van der Waals surface area contributed by atoms with Crippen molar-refractivity contribution in [2.24, 2.45) is 12.0 Å². The van der Waals surface area contributed by atoms with Crippen molar-refractivity contribution in [1.29, 1.82) is 0 Å². The summed E-state index contributed by atoms with van der Waals surface area (Å²) in [4.78, 5) is 6.60. The van der Waals surface area contributed by atoms with Gasteiger partial charge in [-0.2, -0.15) is 0 Å². The van der Waals surface area contributed by atoms with Crippen molar-refractivity contribution in [2.75, 3.05) is 24.5 Å². The van der Waals surface area contributed by atoms with E-state index in [1.54, 1.807) is 6.07 Å². The molecule has 1 aromatic heterocycles. The number of rotatable bonds is 8. The number of guanidine groups is 1. The van der Waals surface area contributed by atoms with Crippen molar-refractivity contribution in [3.8, 4) is 0 Å². The van der Waals surface area contributed by atoms with Gasteiger partial charge in [0.25, 0.3) is 0 Å². The van der Waals surface area contributed by atoms with Crippen LogP contribution in [0.15, 0.2) is 41.7 Å². The number of aromatic nitrogens is 1. The van der Waals surface area contributed by atoms with Gasteiger partial charge in [-0.15, -0.1) is 0 Å². The Bertz CT molecular complexity index is 719. The van der Waals surface area contributed by atoms with Gasteiger partial charge in [0.1, 0.15) is 5.82 Å². The van der Waals surface area contributed by atoms with Crippen LogP contribution in [0.4, 0.5) is 10.1 Å². The molecule has 2 rings (SSSR count). The first kappa shape index (κ1) is 19.8. The van der Waals surface area contributed by atoms with Crippen LogP contribution >= 0.6 is 0 Å². The highest BCUT2D eigenvalue weighted by Gasteiger charge is 2.09. The van der Waals surface area contributed by atoms with Crippen molar-refractivity contribution in [3.63, 3.8) is 0 Å². The zero-order valence-electron chi connectivity index (χ0n) is 16.2. The number of hydrogen-bond donors (Lipinski definition) is 2. The molecule has 1 aromatic carbocycles. The lowest BCUT2D eigenvalue weighted by Crippen LogP contribution is -2.36. The fourth-order valence-corrected chi connectivity index (χ4v) is 2.83. The van der Waals surface area contributed by atoms with Gasteiger partial charge in [-0.05, 0) is 50.1 Å². The Labute approximate surface area is 155 Å². The van der Waals surface area contributed by atoms with Crippen LogP contribution in [0, 0.1) is 5.82 Å². The zero-order valence-corrected chi connectivity index (χ0v) is 16.2. The third-order valence-corrected chi connectivity index (χ3v) is 4.23. The second-order valence-corrected chi connectivity index (χ2v) is 6.19. The molecule has 0 radical (unpaired) electrons. The highest BCUT2D eigenvalue weighted by Crippen LogP contribution is 2.20. The molecule has 26 heavy (non-hydrogen) atoms. The van der Waals surface area contributed by atoms with Gasteiger partial charge in [0.2, 0.25) is 0 Å². The number of anilines is 1. The van der Waals surface area contributed by atoms with Crippen LogP contribution in [-0.2, 0) is 20.1 Å². The first-order valence-electron chi connectivity index (χ1n) is 9.23. The quantitative estimate of drug-likeness (QED) is 0.562. The van der Waals surface area contributed by atoms with Crippen molar-refractivity contribution in [3.05, 3.63) is 53.6 Å². The fourth-order valence-electron chi connectivity index (χ4n) is 2.83. The predicted molar refractivity (Wildman–Crippen MR) is 107 cm³/mol. The molecule has 0 fully saturated rings. The topological polar surface area (TPSA) is 44.6 Å². The van der Waals surface area contributed by atoms with E-state index in [1.807, 2.05) is 67.9 Å². The van der Waals surface area contributed by atoms with Crippen molar-refractivity contribution < 1.29 is 4.39 Å². The largest absolute Gasteiger partial charge is 0.370 e. The van der Waals surface area contributed by atoms with Gasteiger partial charge in [-0.3, -0.25) is 0 Å². The van der Waals surface area contributed by atoms with Crippen LogP contribution in [-0.4, -0.2) is 30.2 Å².